The molecule has 2 bridgehead atoms. The summed E-state index contributed by atoms with van der Waals surface area (Å²) in [4.78, 5) is 15.8. The molecule has 6 rings (SSSR count). The van der Waals surface area contributed by atoms with Crippen LogP contribution in [0.1, 0.15) is 81.4 Å². The van der Waals surface area contributed by atoms with Gasteiger partial charge in [-0.2, -0.15) is 0 Å². The van der Waals surface area contributed by atoms with Crippen molar-refractivity contribution >= 4 is 6.03 Å². The summed E-state index contributed by atoms with van der Waals surface area (Å²) in [7, 11) is 0. The number of amides is 2. The Morgan fingerprint density at radius 2 is 1.35 bits per heavy atom. The van der Waals surface area contributed by atoms with Crippen molar-refractivity contribution in [1.82, 2.24) is 15.5 Å². The van der Waals surface area contributed by atoms with Gasteiger partial charge in [0.15, 0.2) is 0 Å². The van der Waals surface area contributed by atoms with Crippen LogP contribution in [-0.2, 0) is 11.2 Å². The van der Waals surface area contributed by atoms with Gasteiger partial charge in [-0.05, 0) is 93.9 Å². The minimum Gasteiger partial charge on any atom is -0.385 e. The Kier molecular flexibility index (Phi) is 8.90. The fraction of sp³-hybridized carbons (Fsp3) is 0.486. The van der Waals surface area contributed by atoms with Crippen LogP contribution in [0, 0.1) is 5.92 Å². The molecule has 1 unspecified atom stereocenters. The number of carbonyl (C=O) groups excluding carboxylic acids is 1. The van der Waals surface area contributed by atoms with Crippen LogP contribution in [0.3, 0.4) is 0 Å². The second-order valence-corrected chi connectivity index (χ2v) is 13.3. The van der Waals surface area contributed by atoms with Crippen molar-refractivity contribution in [2.24, 2.45) is 5.92 Å². The molecule has 0 radical (unpaired) electrons. The number of piperidine rings is 1. The van der Waals surface area contributed by atoms with Gasteiger partial charge in [0.25, 0.3) is 0 Å². The highest BCUT2D eigenvalue weighted by Crippen LogP contribution is 2.46. The van der Waals surface area contributed by atoms with Crippen molar-refractivity contribution < 1.29 is 15.0 Å². The first-order valence-electron chi connectivity index (χ1n) is 16.3. The fourth-order valence-electron chi connectivity index (χ4n) is 8.17. The SMILES string of the molecule is C[C@H](NC(=O)NC1CCC(CCN2[C@@H]3CC[C@H]2CC(O)(c2ccccc2)C3)CC1)C(O)(c1ccccc1)c1ccccc1. The molecule has 43 heavy (non-hydrogen) atoms. The zero-order chi connectivity index (χ0) is 29.9. The molecule has 6 heteroatoms. The summed E-state index contributed by atoms with van der Waals surface area (Å²) in [5.41, 5.74) is 0.536. The molecule has 2 amide bonds. The number of hydrogen-bond donors (Lipinski definition) is 4. The van der Waals surface area contributed by atoms with Gasteiger partial charge in [0.1, 0.15) is 5.60 Å². The summed E-state index contributed by atoms with van der Waals surface area (Å²) < 4.78 is 0. The Morgan fingerprint density at radius 1 is 0.837 bits per heavy atom. The van der Waals surface area contributed by atoms with Crippen molar-refractivity contribution in [2.75, 3.05) is 6.54 Å². The number of carbonyl (C=O) groups is 1. The number of nitrogens with one attached hydrogen (secondary N) is 2. The first-order chi connectivity index (χ1) is 20.8. The van der Waals surface area contributed by atoms with Crippen LogP contribution in [0.25, 0.3) is 0 Å². The third-order valence-corrected chi connectivity index (χ3v) is 10.6. The zero-order valence-corrected chi connectivity index (χ0v) is 25.4. The number of benzene rings is 3. The Labute approximate surface area is 256 Å². The molecule has 228 valence electrons. The monoisotopic (exact) mass is 581 g/mol. The van der Waals surface area contributed by atoms with Gasteiger partial charge in [0, 0.05) is 18.1 Å². The number of fused-ring (bicyclic) bond motifs is 2. The number of urea groups is 1. The largest absolute Gasteiger partial charge is 0.385 e. The van der Waals surface area contributed by atoms with Gasteiger partial charge in [-0.1, -0.05) is 91.0 Å². The summed E-state index contributed by atoms with van der Waals surface area (Å²) in [6.07, 6.45) is 9.44. The number of nitrogens with zero attached hydrogens (tertiary/aromatic N) is 1. The second kappa shape index (κ2) is 12.8. The molecule has 1 aliphatic carbocycles. The lowest BCUT2D eigenvalue weighted by Gasteiger charge is -2.44. The summed E-state index contributed by atoms with van der Waals surface area (Å²) in [6, 6.07) is 29.7. The summed E-state index contributed by atoms with van der Waals surface area (Å²) in [5.74, 6) is 0.677. The van der Waals surface area contributed by atoms with Crippen molar-refractivity contribution in [3.8, 4) is 0 Å². The minimum atomic E-state index is -1.35. The number of aliphatic hydroxyl groups is 2. The molecule has 3 fully saturated rings. The van der Waals surface area contributed by atoms with E-state index in [2.05, 4.69) is 27.7 Å². The summed E-state index contributed by atoms with van der Waals surface area (Å²) in [6.45, 7) is 2.98. The topological polar surface area (TPSA) is 84.8 Å². The van der Waals surface area contributed by atoms with E-state index in [0.29, 0.717) is 18.0 Å². The first kappa shape index (κ1) is 29.9. The van der Waals surface area contributed by atoms with Gasteiger partial charge in [-0.3, -0.25) is 4.90 Å². The predicted molar refractivity (Wildman–Crippen MR) is 170 cm³/mol. The molecular weight excluding hydrogens is 534 g/mol. The Morgan fingerprint density at radius 3 is 1.88 bits per heavy atom. The molecule has 0 spiro atoms. The maximum atomic E-state index is 13.1. The van der Waals surface area contributed by atoms with E-state index in [9.17, 15) is 15.0 Å². The lowest BCUT2D eigenvalue weighted by atomic mass is 9.79. The maximum absolute atomic E-state index is 13.1. The minimum absolute atomic E-state index is 0.150. The van der Waals surface area contributed by atoms with Crippen molar-refractivity contribution in [2.45, 2.75) is 100 Å². The molecule has 3 aromatic carbocycles. The van der Waals surface area contributed by atoms with Crippen LogP contribution >= 0.6 is 0 Å². The molecule has 0 aromatic heterocycles. The van der Waals surface area contributed by atoms with Crippen LogP contribution in [-0.4, -0.2) is 51.9 Å². The van der Waals surface area contributed by atoms with Crippen molar-refractivity contribution in [1.29, 1.82) is 0 Å². The molecule has 1 saturated carbocycles. The molecule has 6 nitrogen and oxygen atoms in total. The van der Waals surface area contributed by atoms with Gasteiger partial charge in [-0.25, -0.2) is 4.79 Å². The third-order valence-electron chi connectivity index (χ3n) is 10.6. The summed E-state index contributed by atoms with van der Waals surface area (Å²) in [5, 5.41) is 29.7. The number of rotatable bonds is 9. The van der Waals surface area contributed by atoms with E-state index >= 15 is 0 Å². The highest BCUT2D eigenvalue weighted by atomic mass is 16.3. The van der Waals surface area contributed by atoms with Crippen LogP contribution in [0.4, 0.5) is 4.79 Å². The standard InChI is InChI=1S/C37H47N3O3/c1-27(37(43,30-13-7-3-8-14-30)31-15-9-4-10-16-31)38-35(41)39-32-19-17-28(18-20-32)23-24-40-33-21-22-34(40)26-36(42,25-33)29-11-5-2-6-12-29/h2-16,27-28,32-34,42-43H,17-26H2,1H3,(H2,38,39,41)/t27-,28?,32?,33-,34+,36?/m0/s1. The predicted octanol–water partition coefficient (Wildman–Crippen LogP) is 6.07. The van der Waals surface area contributed by atoms with Crippen LogP contribution in [0.5, 0.6) is 0 Å². The van der Waals surface area contributed by atoms with Crippen LogP contribution in [0.15, 0.2) is 91.0 Å². The molecule has 4 N–H and O–H groups in total. The van der Waals surface area contributed by atoms with Gasteiger partial charge in [0.05, 0.1) is 11.6 Å². The molecule has 3 aromatic rings. The Bertz CT molecular complexity index is 1270. The quantitative estimate of drug-likeness (QED) is 0.247. The Hall–Kier alpha value is -3.19. The van der Waals surface area contributed by atoms with Crippen LogP contribution < -0.4 is 10.6 Å². The van der Waals surface area contributed by atoms with Gasteiger partial charge < -0.3 is 20.8 Å². The second-order valence-electron chi connectivity index (χ2n) is 13.3. The van der Waals surface area contributed by atoms with E-state index in [4.69, 9.17) is 0 Å². The van der Waals surface area contributed by atoms with Crippen molar-refractivity contribution in [3.63, 3.8) is 0 Å². The maximum Gasteiger partial charge on any atom is 0.315 e. The molecule has 2 saturated heterocycles. The van der Waals surface area contributed by atoms with Gasteiger partial charge >= 0.3 is 6.03 Å². The smallest absolute Gasteiger partial charge is 0.315 e. The number of hydrogen-bond acceptors (Lipinski definition) is 4. The Balaban J connectivity index is 0.977. The normalized spacial score (nSPS) is 28.3. The highest BCUT2D eigenvalue weighted by Gasteiger charge is 2.48. The molecule has 2 heterocycles. The van der Waals surface area contributed by atoms with Gasteiger partial charge in [0.2, 0.25) is 0 Å². The van der Waals surface area contributed by atoms with E-state index in [1.165, 1.54) is 19.3 Å². The lowest BCUT2D eigenvalue weighted by Crippen LogP contribution is -2.54. The van der Waals surface area contributed by atoms with E-state index in [0.717, 1.165) is 61.8 Å². The van der Waals surface area contributed by atoms with E-state index in [-0.39, 0.29) is 12.1 Å². The average molecular weight is 582 g/mol. The molecule has 3 aliphatic rings. The molecule has 4 atom stereocenters. The lowest BCUT2D eigenvalue weighted by molar-refractivity contribution is -0.0582. The molecular formula is C37H47N3O3. The third kappa shape index (κ3) is 6.38. The van der Waals surface area contributed by atoms with Crippen LogP contribution in [0.2, 0.25) is 0 Å². The van der Waals surface area contributed by atoms with Crippen molar-refractivity contribution in [3.05, 3.63) is 108 Å². The summed E-state index contributed by atoms with van der Waals surface area (Å²) >= 11 is 0. The van der Waals surface area contributed by atoms with E-state index in [1.54, 1.807) is 0 Å². The fourth-order valence-corrected chi connectivity index (χ4v) is 8.17. The average Bonchev–Trinajstić information content (AvgIpc) is 3.30. The first-order valence-corrected chi connectivity index (χ1v) is 16.3. The van der Waals surface area contributed by atoms with E-state index in [1.807, 2.05) is 85.8 Å². The zero-order valence-electron chi connectivity index (χ0n) is 25.4. The highest BCUT2D eigenvalue weighted by molar-refractivity contribution is 5.75. The van der Waals surface area contributed by atoms with Gasteiger partial charge in [-0.15, -0.1) is 0 Å². The van der Waals surface area contributed by atoms with E-state index < -0.39 is 17.2 Å². The molecule has 2 aliphatic heterocycles.